The highest BCUT2D eigenvalue weighted by molar-refractivity contribution is 5.96. The Hall–Kier alpha value is -3.38. The third kappa shape index (κ3) is 17.4. The molecule has 0 radical (unpaired) electrons. The number of carbonyl (C=O) groups excluding carboxylic acids is 5. The highest BCUT2D eigenvalue weighted by Crippen LogP contribution is 2.11. The smallest absolute Gasteiger partial charge is 0.328 e. The van der Waals surface area contributed by atoms with Gasteiger partial charge in [0.05, 0.1) is 12.1 Å². The summed E-state index contributed by atoms with van der Waals surface area (Å²) in [6.45, 7) is 9.10. The molecule has 0 bridgehead atoms. The largest absolute Gasteiger partial charge is 0.480 e. The van der Waals surface area contributed by atoms with Crippen molar-refractivity contribution < 1.29 is 39.0 Å². The van der Waals surface area contributed by atoms with E-state index in [1.54, 1.807) is 0 Å². The van der Waals surface area contributed by atoms with E-state index in [9.17, 15) is 39.0 Å². The molecule has 0 aliphatic carbocycles. The van der Waals surface area contributed by atoms with Gasteiger partial charge in [0.2, 0.25) is 29.5 Å². The molecular weight excluding hydrogens is 614 g/mol. The minimum atomic E-state index is -1.62. The van der Waals surface area contributed by atoms with Crippen LogP contribution < -0.4 is 49.5 Å². The average molecular weight is 674 g/mol. The maximum atomic E-state index is 13.6. The first-order valence-electron chi connectivity index (χ1n) is 16.3. The Labute approximate surface area is 277 Å². The molecule has 0 heterocycles. The highest BCUT2D eigenvalue weighted by Gasteiger charge is 2.34. The summed E-state index contributed by atoms with van der Waals surface area (Å²) in [4.78, 5) is 77.4. The SMILES string of the molecule is CC(C)C[C@H](NC(=O)[C@@H](CC(C)C)NC(=O)[C@H](CCCCN)NC(=O)[C@@H](N)CCN)C(=O)N[C@@H](CCN)C(=O)N[C@H](C(=O)O)[C@@H](C)O. The van der Waals surface area contributed by atoms with Crippen molar-refractivity contribution in [1.82, 2.24) is 26.6 Å². The van der Waals surface area contributed by atoms with Gasteiger partial charge in [0.1, 0.15) is 24.2 Å². The predicted octanol–water partition coefficient (Wildman–Crippen LogP) is -2.88. The van der Waals surface area contributed by atoms with Gasteiger partial charge < -0.3 is 59.7 Å². The fourth-order valence-electron chi connectivity index (χ4n) is 4.65. The Morgan fingerprint density at radius 3 is 1.36 bits per heavy atom. The van der Waals surface area contributed by atoms with Crippen molar-refractivity contribution in [1.29, 1.82) is 0 Å². The van der Waals surface area contributed by atoms with Crippen LogP contribution in [0.2, 0.25) is 0 Å². The molecule has 0 aromatic rings. The zero-order valence-corrected chi connectivity index (χ0v) is 28.4. The molecule has 5 amide bonds. The molecule has 0 aliphatic heterocycles. The fraction of sp³-hybridized carbons (Fsp3) is 0.800. The van der Waals surface area contributed by atoms with Crippen LogP contribution in [0.5, 0.6) is 0 Å². The quantitative estimate of drug-likeness (QED) is 0.0461. The second kappa shape index (κ2) is 23.0. The molecule has 0 spiro atoms. The van der Waals surface area contributed by atoms with Gasteiger partial charge in [-0.3, -0.25) is 24.0 Å². The van der Waals surface area contributed by atoms with Gasteiger partial charge in [-0.25, -0.2) is 4.79 Å². The van der Waals surface area contributed by atoms with Crippen molar-refractivity contribution in [2.45, 2.75) is 122 Å². The summed E-state index contributed by atoms with van der Waals surface area (Å²) in [6.07, 6.45) is 0.510. The van der Waals surface area contributed by atoms with E-state index in [0.717, 1.165) is 0 Å². The first-order chi connectivity index (χ1) is 22.0. The van der Waals surface area contributed by atoms with E-state index in [4.69, 9.17) is 22.9 Å². The van der Waals surface area contributed by atoms with Crippen LogP contribution in [0.25, 0.3) is 0 Å². The van der Waals surface area contributed by atoms with Crippen LogP contribution in [0.3, 0.4) is 0 Å². The highest BCUT2D eigenvalue weighted by atomic mass is 16.4. The maximum Gasteiger partial charge on any atom is 0.328 e. The number of nitrogens with two attached hydrogens (primary N) is 4. The third-order valence-electron chi connectivity index (χ3n) is 7.21. The number of carboxylic acids is 1. The molecule has 272 valence electrons. The Morgan fingerprint density at radius 2 is 0.957 bits per heavy atom. The van der Waals surface area contributed by atoms with Gasteiger partial charge in [-0.1, -0.05) is 27.7 Å². The minimum absolute atomic E-state index is 0.0331. The Morgan fingerprint density at radius 1 is 0.553 bits per heavy atom. The zero-order chi connectivity index (χ0) is 36.3. The summed E-state index contributed by atoms with van der Waals surface area (Å²) >= 11 is 0. The van der Waals surface area contributed by atoms with Crippen molar-refractivity contribution in [3.63, 3.8) is 0 Å². The van der Waals surface area contributed by atoms with E-state index in [-0.39, 0.29) is 57.0 Å². The molecule has 0 aliphatic rings. The lowest BCUT2D eigenvalue weighted by molar-refractivity contribution is -0.145. The van der Waals surface area contributed by atoms with Crippen LogP contribution in [0.4, 0.5) is 0 Å². The summed E-state index contributed by atoms with van der Waals surface area (Å²) in [5.74, 6) is -5.01. The lowest BCUT2D eigenvalue weighted by Gasteiger charge is -2.28. The molecule has 0 rings (SSSR count). The summed E-state index contributed by atoms with van der Waals surface area (Å²) in [5, 5.41) is 31.9. The molecule has 15 N–H and O–H groups in total. The Balaban J connectivity index is 6.03. The summed E-state index contributed by atoms with van der Waals surface area (Å²) in [6, 6.07) is -7.00. The van der Waals surface area contributed by atoms with E-state index in [0.29, 0.717) is 19.4 Å². The minimum Gasteiger partial charge on any atom is -0.480 e. The van der Waals surface area contributed by atoms with Crippen molar-refractivity contribution in [3.8, 4) is 0 Å². The van der Waals surface area contributed by atoms with Gasteiger partial charge in [0, 0.05) is 0 Å². The van der Waals surface area contributed by atoms with Crippen molar-refractivity contribution in [2.24, 2.45) is 34.8 Å². The number of rotatable bonds is 24. The number of aliphatic hydroxyl groups excluding tert-OH is 1. The normalized spacial score (nSPS) is 15.8. The van der Waals surface area contributed by atoms with E-state index >= 15 is 0 Å². The standard InChI is InChI=1S/C30H59N9O8/c1-16(2)14-22(28(44)36-21(10-13-33)27(43)39-24(18(5)40)30(46)47)38-29(45)23(15-17(3)4)37-26(42)20(8-6-7-11-31)35-25(41)19(34)9-12-32/h16-24,40H,6-15,31-34H2,1-5H3,(H,35,41)(H,36,44)(H,37,42)(H,38,45)(H,39,43)(H,46,47)/t18-,19+,20+,21+,22+,23-,24+/m1/s1. The molecule has 7 atom stereocenters. The Kier molecular flexibility index (Phi) is 21.4. The molecule has 0 fully saturated rings. The monoisotopic (exact) mass is 673 g/mol. The third-order valence-corrected chi connectivity index (χ3v) is 7.21. The first kappa shape index (κ1) is 43.6. The van der Waals surface area contributed by atoms with Crippen molar-refractivity contribution in [3.05, 3.63) is 0 Å². The summed E-state index contributed by atoms with van der Waals surface area (Å²) < 4.78 is 0. The predicted molar refractivity (Wildman–Crippen MR) is 176 cm³/mol. The number of hydrogen-bond donors (Lipinski definition) is 11. The van der Waals surface area contributed by atoms with E-state index in [1.165, 1.54) is 6.92 Å². The van der Waals surface area contributed by atoms with Gasteiger partial charge in [-0.05, 0) is 83.3 Å². The molecule has 0 saturated heterocycles. The van der Waals surface area contributed by atoms with Crippen LogP contribution in [0.15, 0.2) is 0 Å². The summed E-state index contributed by atoms with van der Waals surface area (Å²) in [7, 11) is 0. The van der Waals surface area contributed by atoms with Gasteiger partial charge in [-0.2, -0.15) is 0 Å². The van der Waals surface area contributed by atoms with Gasteiger partial charge in [0.25, 0.3) is 0 Å². The van der Waals surface area contributed by atoms with E-state index < -0.39 is 77.9 Å². The van der Waals surface area contributed by atoms with Crippen molar-refractivity contribution in [2.75, 3.05) is 19.6 Å². The van der Waals surface area contributed by atoms with Crippen LogP contribution in [-0.4, -0.2) is 108 Å². The second-order valence-electron chi connectivity index (χ2n) is 12.6. The number of aliphatic carboxylic acids is 1. The molecule has 0 unspecified atom stereocenters. The Bertz CT molecular complexity index is 1010. The molecular formula is C30H59N9O8. The summed E-state index contributed by atoms with van der Waals surface area (Å²) in [5.41, 5.74) is 22.6. The molecule has 0 aromatic heterocycles. The second-order valence-corrected chi connectivity index (χ2v) is 12.6. The number of hydrogen-bond acceptors (Lipinski definition) is 11. The topological polar surface area (TPSA) is 307 Å². The molecule has 17 heteroatoms. The van der Waals surface area contributed by atoms with Crippen LogP contribution in [0.1, 0.15) is 79.6 Å². The number of aliphatic hydroxyl groups is 1. The maximum absolute atomic E-state index is 13.6. The molecule has 17 nitrogen and oxygen atoms in total. The van der Waals surface area contributed by atoms with Crippen LogP contribution in [0, 0.1) is 11.8 Å². The van der Waals surface area contributed by atoms with Crippen molar-refractivity contribution >= 4 is 35.5 Å². The first-order valence-corrected chi connectivity index (χ1v) is 16.3. The number of amides is 5. The number of unbranched alkanes of at least 4 members (excludes halogenated alkanes) is 1. The molecule has 0 saturated carbocycles. The van der Waals surface area contributed by atoms with Gasteiger partial charge >= 0.3 is 5.97 Å². The fourth-order valence-corrected chi connectivity index (χ4v) is 4.65. The van der Waals surface area contributed by atoms with E-state index in [1.807, 2.05) is 27.7 Å². The van der Waals surface area contributed by atoms with Crippen LogP contribution in [-0.2, 0) is 28.8 Å². The van der Waals surface area contributed by atoms with E-state index in [2.05, 4.69) is 26.6 Å². The average Bonchev–Trinajstić information content (AvgIpc) is 2.97. The number of carbonyl (C=O) groups is 6. The van der Waals surface area contributed by atoms with Gasteiger partial charge in [-0.15, -0.1) is 0 Å². The number of nitrogens with one attached hydrogen (secondary N) is 5. The number of carboxylic acid groups (broad SMARTS) is 1. The molecule has 47 heavy (non-hydrogen) atoms. The lowest BCUT2D eigenvalue weighted by atomic mass is 9.99. The van der Waals surface area contributed by atoms with Gasteiger partial charge in [0.15, 0.2) is 6.04 Å². The lowest BCUT2D eigenvalue weighted by Crippen LogP contribution is -2.60. The molecule has 0 aromatic carbocycles. The van der Waals surface area contributed by atoms with Crippen LogP contribution >= 0.6 is 0 Å². The zero-order valence-electron chi connectivity index (χ0n) is 28.4.